The van der Waals surface area contributed by atoms with Gasteiger partial charge in [0.15, 0.2) is 9.84 Å². The molecule has 2 aliphatic heterocycles. The lowest BCUT2D eigenvalue weighted by Gasteiger charge is -2.38. The number of sulfone groups is 1. The minimum Gasteiger partial charge on any atom is -0.357 e. The summed E-state index contributed by atoms with van der Waals surface area (Å²) in [6, 6.07) is 15.8. The predicted molar refractivity (Wildman–Crippen MR) is 127 cm³/mol. The van der Waals surface area contributed by atoms with Crippen molar-refractivity contribution in [2.75, 3.05) is 24.6 Å². The third-order valence-corrected chi connectivity index (χ3v) is 8.84. The number of aromatic nitrogens is 1. The van der Waals surface area contributed by atoms with Gasteiger partial charge in [0, 0.05) is 46.2 Å². The fraction of sp³-hybridized carbons (Fsp3) is 0.375. The molecule has 0 saturated carbocycles. The molecule has 32 heavy (non-hydrogen) atoms. The first-order chi connectivity index (χ1) is 15.3. The Kier molecular flexibility index (Phi) is 5.51. The van der Waals surface area contributed by atoms with Gasteiger partial charge in [-0.2, -0.15) is 0 Å². The van der Waals surface area contributed by atoms with E-state index in [1.54, 1.807) is 0 Å². The molecule has 2 N–H and O–H groups in total. The number of nitrogens with one attached hydrogen (secondary N) is 2. The van der Waals surface area contributed by atoms with Crippen molar-refractivity contribution in [3.8, 4) is 0 Å². The number of hydrogen-bond donors (Lipinski definition) is 2. The summed E-state index contributed by atoms with van der Waals surface area (Å²) in [5, 5.41) is 4.81. The Balaban J connectivity index is 1.47. The van der Waals surface area contributed by atoms with Crippen LogP contribution in [0.25, 0.3) is 10.9 Å². The summed E-state index contributed by atoms with van der Waals surface area (Å²) in [6.07, 6.45) is 0.484. The second kappa shape index (κ2) is 8.21. The molecule has 3 atom stereocenters. The maximum Gasteiger partial charge on any atom is 0.234 e. The molecule has 0 radical (unpaired) electrons. The molecule has 2 aliphatic rings. The highest BCUT2D eigenvalue weighted by molar-refractivity contribution is 7.91. The highest BCUT2D eigenvalue weighted by Gasteiger charge is 2.37. The van der Waals surface area contributed by atoms with Crippen LogP contribution in [0.3, 0.4) is 0 Å². The number of para-hydroxylation sites is 1. The average Bonchev–Trinajstić information content (AvgIpc) is 3.30. The van der Waals surface area contributed by atoms with E-state index in [4.69, 9.17) is 11.6 Å². The van der Waals surface area contributed by atoms with E-state index in [1.807, 2.05) is 30.3 Å². The van der Waals surface area contributed by atoms with Crippen molar-refractivity contribution in [2.24, 2.45) is 0 Å². The Morgan fingerprint density at radius 3 is 2.69 bits per heavy atom. The largest absolute Gasteiger partial charge is 0.357 e. The average molecular weight is 472 g/mol. The molecule has 1 fully saturated rings. The summed E-state index contributed by atoms with van der Waals surface area (Å²) in [7, 11) is -3.04. The summed E-state index contributed by atoms with van der Waals surface area (Å²) in [6.45, 7) is 2.95. The van der Waals surface area contributed by atoms with Crippen LogP contribution >= 0.6 is 11.6 Å². The van der Waals surface area contributed by atoms with Crippen molar-refractivity contribution in [3.05, 3.63) is 70.4 Å². The van der Waals surface area contributed by atoms with Gasteiger partial charge in [-0.05, 0) is 36.6 Å². The van der Waals surface area contributed by atoms with Gasteiger partial charge in [-0.25, -0.2) is 8.42 Å². The van der Waals surface area contributed by atoms with Gasteiger partial charge in [0.2, 0.25) is 5.91 Å². The molecular formula is C24H26ClN3O3S. The zero-order chi connectivity index (χ0) is 22.5. The van der Waals surface area contributed by atoms with Gasteiger partial charge in [-0.3, -0.25) is 9.69 Å². The fourth-order valence-electron chi connectivity index (χ4n) is 5.14. The van der Waals surface area contributed by atoms with Gasteiger partial charge in [0.1, 0.15) is 0 Å². The fourth-order valence-corrected chi connectivity index (χ4v) is 7.08. The Morgan fingerprint density at radius 2 is 1.94 bits per heavy atom. The Hall–Kier alpha value is -2.35. The van der Waals surface area contributed by atoms with Gasteiger partial charge in [-0.15, -0.1) is 0 Å². The van der Waals surface area contributed by atoms with Crippen molar-refractivity contribution >= 4 is 38.2 Å². The van der Waals surface area contributed by atoms with Crippen LogP contribution in [0.4, 0.5) is 0 Å². The van der Waals surface area contributed by atoms with Crippen LogP contribution in [0.1, 0.15) is 42.1 Å². The second-order valence-corrected chi connectivity index (χ2v) is 11.5. The second-order valence-electron chi connectivity index (χ2n) is 8.84. The monoisotopic (exact) mass is 471 g/mol. The standard InChI is InChI=1S/C24H26ClN3O3S/c1-15-24-23(18-7-3-5-9-21(18)27-24)19(17-6-2-4-8-20(17)25)12-28(15)13-22(29)26-16-10-11-32(30,31)14-16/h2-9,15-16,19,27H,10-14H2,1H3,(H,26,29)/t15-,16+,19-/m1/s1. The summed E-state index contributed by atoms with van der Waals surface area (Å²) in [5.74, 6) is 0.0514. The first-order valence-electron chi connectivity index (χ1n) is 10.9. The van der Waals surface area contributed by atoms with E-state index in [9.17, 15) is 13.2 Å². The van der Waals surface area contributed by atoms with Gasteiger partial charge >= 0.3 is 0 Å². The topological polar surface area (TPSA) is 82.3 Å². The van der Waals surface area contributed by atoms with E-state index in [1.165, 1.54) is 10.9 Å². The molecule has 1 amide bonds. The van der Waals surface area contributed by atoms with Gasteiger partial charge in [0.05, 0.1) is 18.1 Å². The van der Waals surface area contributed by atoms with Crippen molar-refractivity contribution in [1.29, 1.82) is 0 Å². The Morgan fingerprint density at radius 1 is 1.19 bits per heavy atom. The summed E-state index contributed by atoms with van der Waals surface area (Å²) in [4.78, 5) is 18.6. The molecule has 0 bridgehead atoms. The van der Waals surface area contributed by atoms with Crippen LogP contribution in [0, 0.1) is 0 Å². The van der Waals surface area contributed by atoms with Crippen molar-refractivity contribution < 1.29 is 13.2 Å². The third-order valence-electron chi connectivity index (χ3n) is 6.73. The number of benzene rings is 2. The van der Waals surface area contributed by atoms with Crippen molar-refractivity contribution in [1.82, 2.24) is 15.2 Å². The van der Waals surface area contributed by atoms with E-state index < -0.39 is 9.84 Å². The van der Waals surface area contributed by atoms with E-state index in [2.05, 4.69) is 40.3 Å². The number of carbonyl (C=O) groups is 1. The molecule has 3 aromatic rings. The first kappa shape index (κ1) is 21.5. The van der Waals surface area contributed by atoms with Crippen molar-refractivity contribution in [3.63, 3.8) is 0 Å². The number of rotatable bonds is 4. The molecular weight excluding hydrogens is 446 g/mol. The van der Waals surface area contributed by atoms with Crippen LogP contribution in [0.15, 0.2) is 48.5 Å². The van der Waals surface area contributed by atoms with E-state index in [0.717, 1.165) is 16.8 Å². The summed E-state index contributed by atoms with van der Waals surface area (Å²) in [5.41, 5.74) is 4.45. The lowest BCUT2D eigenvalue weighted by atomic mass is 9.83. The number of amides is 1. The number of aromatic amines is 1. The zero-order valence-electron chi connectivity index (χ0n) is 17.8. The smallest absolute Gasteiger partial charge is 0.234 e. The molecule has 168 valence electrons. The van der Waals surface area contributed by atoms with Crippen LogP contribution < -0.4 is 5.32 Å². The molecule has 2 aromatic carbocycles. The number of H-pyrrole nitrogens is 1. The first-order valence-corrected chi connectivity index (χ1v) is 13.1. The molecule has 1 saturated heterocycles. The normalized spacial score (nSPS) is 25.0. The third kappa shape index (κ3) is 3.93. The number of hydrogen-bond acceptors (Lipinski definition) is 4. The van der Waals surface area contributed by atoms with Gasteiger partial charge in [0.25, 0.3) is 0 Å². The molecule has 3 heterocycles. The molecule has 0 unspecified atom stereocenters. The minimum absolute atomic E-state index is 0.00852. The number of carbonyl (C=O) groups excluding carboxylic acids is 1. The maximum absolute atomic E-state index is 12.8. The quantitative estimate of drug-likeness (QED) is 0.608. The van der Waals surface area contributed by atoms with Gasteiger partial charge < -0.3 is 10.3 Å². The van der Waals surface area contributed by atoms with Crippen LogP contribution in [0.2, 0.25) is 5.02 Å². The molecule has 0 aliphatic carbocycles. The highest BCUT2D eigenvalue weighted by Crippen LogP contribution is 2.44. The summed E-state index contributed by atoms with van der Waals surface area (Å²) >= 11 is 6.61. The lowest BCUT2D eigenvalue weighted by Crippen LogP contribution is -2.46. The molecule has 0 spiro atoms. The number of nitrogens with zero attached hydrogens (tertiary/aromatic N) is 1. The molecule has 1 aromatic heterocycles. The van der Waals surface area contributed by atoms with Crippen molar-refractivity contribution in [2.45, 2.75) is 31.3 Å². The van der Waals surface area contributed by atoms with Crippen LogP contribution in [0.5, 0.6) is 0 Å². The minimum atomic E-state index is -3.04. The number of halogens is 1. The highest BCUT2D eigenvalue weighted by atomic mass is 35.5. The summed E-state index contributed by atoms with van der Waals surface area (Å²) < 4.78 is 23.5. The van der Waals surface area contributed by atoms with Crippen LogP contribution in [-0.4, -0.2) is 54.8 Å². The van der Waals surface area contributed by atoms with E-state index in [0.29, 0.717) is 18.0 Å². The lowest BCUT2D eigenvalue weighted by molar-refractivity contribution is -0.123. The molecule has 5 rings (SSSR count). The van der Waals surface area contributed by atoms with Crippen LogP contribution in [-0.2, 0) is 14.6 Å². The zero-order valence-corrected chi connectivity index (χ0v) is 19.4. The Bertz CT molecular complexity index is 1290. The Labute approximate surface area is 192 Å². The number of fused-ring (bicyclic) bond motifs is 3. The SMILES string of the molecule is C[C@@H]1c2[nH]c3ccccc3c2[C@@H](c2ccccc2Cl)CN1CC(=O)N[C@H]1CCS(=O)(=O)C1. The van der Waals surface area contributed by atoms with E-state index in [-0.39, 0.29) is 42.0 Å². The van der Waals surface area contributed by atoms with E-state index >= 15 is 0 Å². The van der Waals surface area contributed by atoms with Gasteiger partial charge in [-0.1, -0.05) is 48.0 Å². The molecule has 8 heteroatoms. The maximum atomic E-state index is 12.8. The predicted octanol–water partition coefficient (Wildman–Crippen LogP) is 3.63. The molecule has 6 nitrogen and oxygen atoms in total.